The molecule has 7 heteroatoms. The largest absolute Gasteiger partial charge is 0.497 e. The molecular weight excluding hydrogens is 351 g/mol. The third-order valence-electron chi connectivity index (χ3n) is 3.38. The topological polar surface area (TPSA) is 38.3 Å². The summed E-state index contributed by atoms with van der Waals surface area (Å²) in [6, 6.07) is 12.5. The Morgan fingerprint density at radius 1 is 1.12 bits per heavy atom. The molecular formula is C18H18F3NO2S. The van der Waals surface area contributed by atoms with Gasteiger partial charge < -0.3 is 10.1 Å². The van der Waals surface area contributed by atoms with Crippen molar-refractivity contribution in [3.63, 3.8) is 0 Å². The molecule has 0 fully saturated rings. The Morgan fingerprint density at radius 3 is 2.56 bits per heavy atom. The van der Waals surface area contributed by atoms with Gasteiger partial charge >= 0.3 is 6.18 Å². The second-order valence-corrected chi connectivity index (χ2v) is 6.30. The number of carbonyl (C=O) groups excluding carboxylic acids is 1. The second kappa shape index (κ2) is 8.80. The van der Waals surface area contributed by atoms with Crippen LogP contribution in [0, 0.1) is 0 Å². The van der Waals surface area contributed by atoms with Crippen molar-refractivity contribution in [2.45, 2.75) is 18.5 Å². The van der Waals surface area contributed by atoms with Crippen LogP contribution in [0.25, 0.3) is 0 Å². The molecule has 3 nitrogen and oxygen atoms in total. The van der Waals surface area contributed by atoms with Crippen LogP contribution in [0.15, 0.2) is 48.5 Å². The van der Waals surface area contributed by atoms with Crippen molar-refractivity contribution in [1.29, 1.82) is 0 Å². The maximum absolute atomic E-state index is 12.7. The molecule has 0 aliphatic rings. The molecule has 0 radical (unpaired) electrons. The molecule has 0 aliphatic carbocycles. The normalized spacial score (nSPS) is 11.2. The highest BCUT2D eigenvalue weighted by Crippen LogP contribution is 2.30. The minimum atomic E-state index is -4.35. The molecule has 25 heavy (non-hydrogen) atoms. The molecule has 0 bridgehead atoms. The van der Waals surface area contributed by atoms with Crippen LogP contribution in [0.5, 0.6) is 5.75 Å². The molecule has 134 valence electrons. The molecule has 0 saturated carbocycles. The van der Waals surface area contributed by atoms with E-state index in [9.17, 15) is 18.0 Å². The van der Waals surface area contributed by atoms with Crippen molar-refractivity contribution in [2.75, 3.05) is 12.9 Å². The fraction of sp³-hybridized carbons (Fsp3) is 0.278. The van der Waals surface area contributed by atoms with Gasteiger partial charge in [-0.15, -0.1) is 11.8 Å². The number of hydrogen-bond donors (Lipinski definition) is 1. The number of thioether (sulfide) groups is 1. The summed E-state index contributed by atoms with van der Waals surface area (Å²) >= 11 is 1.27. The lowest BCUT2D eigenvalue weighted by Crippen LogP contribution is -2.24. The molecule has 2 rings (SSSR count). The van der Waals surface area contributed by atoms with E-state index in [1.807, 2.05) is 24.3 Å². The number of alkyl halides is 3. The predicted molar refractivity (Wildman–Crippen MR) is 92.4 cm³/mol. The first kappa shape index (κ1) is 19.2. The summed E-state index contributed by atoms with van der Waals surface area (Å²) in [6.45, 7) is 0.375. The van der Waals surface area contributed by atoms with E-state index in [-0.39, 0.29) is 11.7 Å². The van der Waals surface area contributed by atoms with Crippen LogP contribution in [-0.4, -0.2) is 18.8 Å². The highest BCUT2D eigenvalue weighted by molar-refractivity contribution is 7.99. The Hall–Kier alpha value is -2.15. The van der Waals surface area contributed by atoms with Crippen LogP contribution in [-0.2, 0) is 23.3 Å². The van der Waals surface area contributed by atoms with Gasteiger partial charge in [-0.2, -0.15) is 13.2 Å². The molecule has 0 spiro atoms. The average Bonchev–Trinajstić information content (AvgIpc) is 2.60. The fourth-order valence-electron chi connectivity index (χ4n) is 2.13. The minimum Gasteiger partial charge on any atom is -0.497 e. The van der Waals surface area contributed by atoms with Gasteiger partial charge in [0, 0.05) is 12.3 Å². The first-order valence-electron chi connectivity index (χ1n) is 7.52. The van der Waals surface area contributed by atoms with E-state index in [0.717, 1.165) is 17.7 Å². The average molecular weight is 369 g/mol. The van der Waals surface area contributed by atoms with E-state index in [4.69, 9.17) is 4.74 Å². The van der Waals surface area contributed by atoms with Crippen LogP contribution >= 0.6 is 11.8 Å². The molecule has 0 saturated heterocycles. The Balaban J connectivity index is 1.77. The molecule has 2 aromatic carbocycles. The van der Waals surface area contributed by atoms with Gasteiger partial charge in [-0.3, -0.25) is 4.79 Å². The van der Waals surface area contributed by atoms with Crippen molar-refractivity contribution in [3.05, 3.63) is 65.2 Å². The van der Waals surface area contributed by atoms with Gasteiger partial charge in [0.1, 0.15) is 5.75 Å². The van der Waals surface area contributed by atoms with E-state index in [1.165, 1.54) is 17.8 Å². The molecule has 1 N–H and O–H groups in total. The standard InChI is InChI=1S/C18H18F3NO2S/c1-24-16-7-3-4-13(9-16)10-22-17(23)12-25-11-14-5-2-6-15(8-14)18(19,20)21/h2-9H,10-12H2,1H3,(H,22,23). The summed E-state index contributed by atoms with van der Waals surface area (Å²) in [5, 5.41) is 2.78. The van der Waals surface area contributed by atoms with Gasteiger partial charge in [-0.25, -0.2) is 0 Å². The maximum Gasteiger partial charge on any atom is 0.416 e. The number of amides is 1. The van der Waals surface area contributed by atoms with Crippen LogP contribution in [0.4, 0.5) is 13.2 Å². The molecule has 0 aliphatic heterocycles. The highest BCUT2D eigenvalue weighted by Gasteiger charge is 2.30. The van der Waals surface area contributed by atoms with E-state index in [0.29, 0.717) is 23.6 Å². The van der Waals surface area contributed by atoms with Gasteiger partial charge in [0.25, 0.3) is 0 Å². The summed E-state index contributed by atoms with van der Waals surface area (Å²) < 4.78 is 43.1. The summed E-state index contributed by atoms with van der Waals surface area (Å²) in [5.74, 6) is 1.07. The Bertz CT molecular complexity index is 719. The number of rotatable bonds is 7. The van der Waals surface area contributed by atoms with E-state index < -0.39 is 11.7 Å². The zero-order valence-corrected chi connectivity index (χ0v) is 14.4. The van der Waals surface area contributed by atoms with Gasteiger partial charge in [-0.1, -0.05) is 30.3 Å². The number of ether oxygens (including phenoxy) is 1. The Kier molecular flexibility index (Phi) is 6.75. The van der Waals surface area contributed by atoms with Crippen LogP contribution in [0.1, 0.15) is 16.7 Å². The van der Waals surface area contributed by atoms with Crippen molar-refractivity contribution in [1.82, 2.24) is 5.32 Å². The number of hydrogen-bond acceptors (Lipinski definition) is 3. The summed E-state index contributed by atoms with van der Waals surface area (Å²) in [5.41, 5.74) is 0.782. The van der Waals surface area contributed by atoms with Crippen LogP contribution < -0.4 is 10.1 Å². The second-order valence-electron chi connectivity index (χ2n) is 5.32. The van der Waals surface area contributed by atoms with Crippen molar-refractivity contribution in [2.24, 2.45) is 0 Å². The predicted octanol–water partition coefficient (Wildman–Crippen LogP) is 4.26. The van der Waals surface area contributed by atoms with Crippen molar-refractivity contribution < 1.29 is 22.7 Å². The van der Waals surface area contributed by atoms with Crippen LogP contribution in [0.3, 0.4) is 0 Å². The number of nitrogens with one attached hydrogen (secondary N) is 1. The zero-order chi connectivity index (χ0) is 18.3. The van der Waals surface area contributed by atoms with Gasteiger partial charge in [0.05, 0.1) is 18.4 Å². The Labute approximate surface area is 148 Å². The maximum atomic E-state index is 12.7. The molecule has 0 atom stereocenters. The molecule has 0 unspecified atom stereocenters. The fourth-order valence-corrected chi connectivity index (χ4v) is 2.94. The number of benzene rings is 2. The van der Waals surface area contributed by atoms with E-state index in [1.54, 1.807) is 13.2 Å². The summed E-state index contributed by atoms with van der Waals surface area (Å²) in [4.78, 5) is 11.8. The number of carbonyl (C=O) groups is 1. The molecule has 0 heterocycles. The van der Waals surface area contributed by atoms with Gasteiger partial charge in [0.15, 0.2) is 0 Å². The number of methoxy groups -OCH3 is 1. The first-order valence-corrected chi connectivity index (χ1v) is 8.67. The van der Waals surface area contributed by atoms with Crippen molar-refractivity contribution >= 4 is 17.7 Å². The monoisotopic (exact) mass is 369 g/mol. The first-order chi connectivity index (χ1) is 11.9. The minimum absolute atomic E-state index is 0.167. The highest BCUT2D eigenvalue weighted by atomic mass is 32.2. The van der Waals surface area contributed by atoms with Gasteiger partial charge in [-0.05, 0) is 29.3 Å². The van der Waals surface area contributed by atoms with Gasteiger partial charge in [0.2, 0.25) is 5.91 Å². The van der Waals surface area contributed by atoms with Crippen molar-refractivity contribution in [3.8, 4) is 5.75 Å². The third-order valence-corrected chi connectivity index (χ3v) is 4.38. The lowest BCUT2D eigenvalue weighted by atomic mass is 10.1. The third kappa shape index (κ3) is 6.34. The van der Waals surface area contributed by atoms with E-state index in [2.05, 4.69) is 5.32 Å². The number of halogens is 3. The molecule has 0 aromatic heterocycles. The summed E-state index contributed by atoms with van der Waals surface area (Å²) in [7, 11) is 1.57. The lowest BCUT2D eigenvalue weighted by Gasteiger charge is -2.09. The molecule has 1 amide bonds. The Morgan fingerprint density at radius 2 is 1.84 bits per heavy atom. The zero-order valence-electron chi connectivity index (χ0n) is 13.6. The van der Waals surface area contributed by atoms with E-state index >= 15 is 0 Å². The smallest absolute Gasteiger partial charge is 0.416 e. The summed E-state index contributed by atoms with van der Waals surface area (Å²) in [6.07, 6.45) is -4.35. The van der Waals surface area contributed by atoms with Crippen LogP contribution in [0.2, 0.25) is 0 Å². The SMILES string of the molecule is COc1cccc(CNC(=O)CSCc2cccc(C(F)(F)F)c2)c1. The lowest BCUT2D eigenvalue weighted by molar-refractivity contribution is -0.137. The quantitative estimate of drug-likeness (QED) is 0.792. The molecule has 2 aromatic rings.